The Balaban J connectivity index is 2.34. The minimum Gasteiger partial charge on any atom is -0.300 e. The average Bonchev–Trinajstić information content (AvgIpc) is 2.61. The highest BCUT2D eigenvalue weighted by molar-refractivity contribution is 5.90. The Labute approximate surface area is 81.5 Å². The van der Waals surface area contributed by atoms with Crippen LogP contribution in [0.4, 0.5) is 0 Å². The van der Waals surface area contributed by atoms with Gasteiger partial charge in [-0.2, -0.15) is 10.4 Å². The maximum absolute atomic E-state index is 10.9. The second kappa shape index (κ2) is 2.81. The molecule has 0 unspecified atom stereocenters. The van der Waals surface area contributed by atoms with E-state index in [1.807, 2.05) is 0 Å². The van der Waals surface area contributed by atoms with E-state index < -0.39 is 5.41 Å². The molecule has 14 heavy (non-hydrogen) atoms. The fourth-order valence-corrected chi connectivity index (χ4v) is 1.65. The molecular weight excluding hydrogens is 178 g/mol. The monoisotopic (exact) mass is 187 g/mol. The first-order chi connectivity index (χ1) is 6.70. The number of hydrogen-bond acceptors (Lipinski definition) is 3. The van der Waals surface area contributed by atoms with Gasteiger partial charge in [-0.25, -0.2) is 4.68 Å². The summed E-state index contributed by atoms with van der Waals surface area (Å²) in [5, 5.41) is 13.0. The fraction of sp³-hybridized carbons (Fsp3) is 0.300. The predicted molar refractivity (Wildman–Crippen MR) is 50.1 cm³/mol. The Morgan fingerprint density at radius 3 is 2.86 bits per heavy atom. The van der Waals surface area contributed by atoms with E-state index >= 15 is 0 Å². The molecule has 1 aliphatic rings. The summed E-state index contributed by atoms with van der Waals surface area (Å²) < 4.78 is 1.54. The van der Waals surface area contributed by atoms with Gasteiger partial charge < -0.3 is 0 Å². The van der Waals surface area contributed by atoms with Crippen LogP contribution in [0.1, 0.15) is 18.4 Å². The molecule has 0 aliphatic heterocycles. The van der Waals surface area contributed by atoms with Gasteiger partial charge in [0.25, 0.3) is 0 Å². The van der Waals surface area contributed by atoms with Crippen LogP contribution in [0.25, 0.3) is 6.20 Å². The van der Waals surface area contributed by atoms with E-state index in [1.165, 1.54) is 4.68 Å². The van der Waals surface area contributed by atoms with Crippen molar-refractivity contribution in [2.45, 2.75) is 18.3 Å². The third kappa shape index (κ3) is 1.06. The molecule has 70 valence electrons. The van der Waals surface area contributed by atoms with Gasteiger partial charge >= 0.3 is 0 Å². The molecule has 0 radical (unpaired) electrons. The van der Waals surface area contributed by atoms with Gasteiger partial charge in [0.15, 0.2) is 0 Å². The van der Waals surface area contributed by atoms with Gasteiger partial charge in [-0.3, -0.25) is 4.79 Å². The summed E-state index contributed by atoms with van der Waals surface area (Å²) >= 11 is 0. The zero-order valence-electron chi connectivity index (χ0n) is 7.60. The Morgan fingerprint density at radius 2 is 2.43 bits per heavy atom. The molecule has 1 heterocycles. The summed E-state index contributed by atoms with van der Waals surface area (Å²) in [6.07, 6.45) is 5.54. The normalized spacial score (nSPS) is 18.4. The number of rotatable bonds is 2. The topological polar surface area (TPSA) is 58.7 Å². The summed E-state index contributed by atoms with van der Waals surface area (Å²) in [4.78, 5) is 10.9. The molecule has 0 atom stereocenters. The molecule has 0 saturated heterocycles. The van der Waals surface area contributed by atoms with E-state index in [0.29, 0.717) is 12.8 Å². The minimum atomic E-state index is -0.627. The lowest BCUT2D eigenvalue weighted by molar-refractivity contribution is -0.126. The smallest absolute Gasteiger partial charge is 0.136 e. The maximum Gasteiger partial charge on any atom is 0.136 e. The van der Waals surface area contributed by atoms with Gasteiger partial charge in [-0.1, -0.05) is 6.58 Å². The van der Waals surface area contributed by atoms with Gasteiger partial charge in [0.2, 0.25) is 0 Å². The summed E-state index contributed by atoms with van der Waals surface area (Å²) in [5.41, 5.74) is 0.178. The highest BCUT2D eigenvalue weighted by Gasteiger charge is 2.46. The van der Waals surface area contributed by atoms with E-state index in [2.05, 4.69) is 17.7 Å². The van der Waals surface area contributed by atoms with E-state index in [0.717, 1.165) is 5.56 Å². The highest BCUT2D eigenvalue weighted by Crippen LogP contribution is 2.40. The average molecular weight is 187 g/mol. The van der Waals surface area contributed by atoms with Crippen LogP contribution in [0.15, 0.2) is 19.0 Å². The van der Waals surface area contributed by atoms with Crippen molar-refractivity contribution in [1.82, 2.24) is 9.78 Å². The Kier molecular flexibility index (Phi) is 1.74. The highest BCUT2D eigenvalue weighted by atomic mass is 16.1. The standard InChI is InChI=1S/C10H9N3O/c1-2-13-6-8(5-12-13)10(7-11)3-9(14)4-10/h2,5-6H,1,3-4H2. The van der Waals surface area contributed by atoms with Crippen LogP contribution in [-0.2, 0) is 10.2 Å². The fourth-order valence-electron chi connectivity index (χ4n) is 1.65. The Hall–Kier alpha value is -1.89. The second-order valence-corrected chi connectivity index (χ2v) is 3.48. The molecule has 4 heteroatoms. The van der Waals surface area contributed by atoms with Crippen molar-refractivity contribution in [3.8, 4) is 6.07 Å². The van der Waals surface area contributed by atoms with E-state index in [1.54, 1.807) is 18.6 Å². The minimum absolute atomic E-state index is 0.137. The van der Waals surface area contributed by atoms with Crippen LogP contribution in [0.5, 0.6) is 0 Å². The van der Waals surface area contributed by atoms with Crippen molar-refractivity contribution in [3.63, 3.8) is 0 Å². The number of aromatic nitrogens is 2. The molecule has 2 rings (SSSR count). The Bertz CT molecular complexity index is 430. The Morgan fingerprint density at radius 1 is 1.71 bits per heavy atom. The SMILES string of the molecule is C=Cn1cc(C2(C#N)CC(=O)C2)cn1. The quantitative estimate of drug-likeness (QED) is 0.696. The van der Waals surface area contributed by atoms with Crippen LogP contribution < -0.4 is 0 Å². The third-order valence-electron chi connectivity index (χ3n) is 2.55. The number of ketones is 1. The lowest BCUT2D eigenvalue weighted by Crippen LogP contribution is -2.40. The van der Waals surface area contributed by atoms with Crippen LogP contribution in [0.2, 0.25) is 0 Å². The van der Waals surface area contributed by atoms with Crippen molar-refractivity contribution in [2.75, 3.05) is 0 Å². The molecular formula is C10H9N3O. The molecule has 1 aromatic rings. The van der Waals surface area contributed by atoms with Crippen molar-refractivity contribution in [2.24, 2.45) is 0 Å². The van der Waals surface area contributed by atoms with Crippen LogP contribution >= 0.6 is 0 Å². The molecule has 0 aromatic carbocycles. The van der Waals surface area contributed by atoms with Crippen molar-refractivity contribution in [1.29, 1.82) is 5.26 Å². The molecule has 0 N–H and O–H groups in total. The zero-order valence-corrected chi connectivity index (χ0v) is 7.60. The molecule has 0 spiro atoms. The maximum atomic E-state index is 10.9. The number of carbonyl (C=O) groups is 1. The molecule has 0 bridgehead atoms. The first-order valence-corrected chi connectivity index (χ1v) is 4.30. The van der Waals surface area contributed by atoms with Crippen molar-refractivity contribution in [3.05, 3.63) is 24.5 Å². The molecule has 1 saturated carbocycles. The number of Topliss-reactive ketones (excluding diaryl/α,β-unsaturated/α-hetero) is 1. The van der Waals surface area contributed by atoms with Crippen molar-refractivity contribution < 1.29 is 4.79 Å². The zero-order chi connectivity index (χ0) is 10.2. The number of carbonyl (C=O) groups excluding carboxylic acids is 1. The number of nitriles is 1. The number of nitrogens with zero attached hydrogens (tertiary/aromatic N) is 3. The summed E-state index contributed by atoms with van der Waals surface area (Å²) in [5.74, 6) is 0.137. The van der Waals surface area contributed by atoms with E-state index in [4.69, 9.17) is 5.26 Å². The lowest BCUT2D eigenvalue weighted by atomic mass is 9.65. The number of hydrogen-bond donors (Lipinski definition) is 0. The molecule has 1 aliphatic carbocycles. The predicted octanol–water partition coefficient (Wildman–Crippen LogP) is 1.11. The summed E-state index contributed by atoms with van der Waals surface area (Å²) in [6.45, 7) is 3.56. The van der Waals surface area contributed by atoms with Gasteiger partial charge in [0.1, 0.15) is 5.78 Å². The van der Waals surface area contributed by atoms with Gasteiger partial charge in [0, 0.05) is 30.8 Å². The van der Waals surface area contributed by atoms with Gasteiger partial charge in [-0.15, -0.1) is 0 Å². The summed E-state index contributed by atoms with van der Waals surface area (Å²) in [7, 11) is 0. The van der Waals surface area contributed by atoms with Gasteiger partial charge in [-0.05, 0) is 0 Å². The lowest BCUT2D eigenvalue weighted by Gasteiger charge is -2.32. The van der Waals surface area contributed by atoms with Crippen LogP contribution in [0.3, 0.4) is 0 Å². The van der Waals surface area contributed by atoms with E-state index in [9.17, 15) is 4.79 Å². The second-order valence-electron chi connectivity index (χ2n) is 3.48. The van der Waals surface area contributed by atoms with Gasteiger partial charge in [0.05, 0.1) is 17.7 Å². The summed E-state index contributed by atoms with van der Waals surface area (Å²) in [6, 6.07) is 2.19. The molecule has 4 nitrogen and oxygen atoms in total. The molecule has 1 aromatic heterocycles. The van der Waals surface area contributed by atoms with Crippen LogP contribution in [-0.4, -0.2) is 15.6 Å². The first-order valence-electron chi connectivity index (χ1n) is 4.30. The molecule has 1 fully saturated rings. The van der Waals surface area contributed by atoms with E-state index in [-0.39, 0.29) is 5.78 Å². The largest absolute Gasteiger partial charge is 0.300 e. The third-order valence-corrected chi connectivity index (χ3v) is 2.55. The first kappa shape index (κ1) is 8.70. The van der Waals surface area contributed by atoms with Crippen molar-refractivity contribution >= 4 is 12.0 Å². The van der Waals surface area contributed by atoms with Crippen LogP contribution in [0, 0.1) is 11.3 Å². The molecule has 0 amide bonds.